The van der Waals surface area contributed by atoms with Gasteiger partial charge in [-0.3, -0.25) is 4.98 Å². The number of ether oxygens (including phenoxy) is 1. The first-order chi connectivity index (χ1) is 12.7. The Morgan fingerprint density at radius 3 is 2.81 bits per heavy atom. The first kappa shape index (κ1) is 15.9. The molecule has 0 amide bonds. The summed E-state index contributed by atoms with van der Waals surface area (Å²) in [5.74, 6) is 0.0437. The quantitative estimate of drug-likeness (QED) is 0.521. The fraction of sp³-hybridized carbons (Fsp3) is 0.105. The zero-order valence-electron chi connectivity index (χ0n) is 13.9. The van der Waals surface area contributed by atoms with Crippen molar-refractivity contribution in [1.29, 1.82) is 0 Å². The molecule has 0 spiro atoms. The van der Waals surface area contributed by atoms with Crippen molar-refractivity contribution in [2.45, 2.75) is 13.0 Å². The Balaban J connectivity index is 1.51. The Kier molecular flexibility index (Phi) is 4.10. The van der Waals surface area contributed by atoms with E-state index in [1.54, 1.807) is 31.5 Å². The summed E-state index contributed by atoms with van der Waals surface area (Å²) < 4.78 is 10.6. The van der Waals surface area contributed by atoms with E-state index in [2.05, 4.69) is 20.1 Å². The average molecular weight is 346 g/mol. The molecule has 0 aliphatic carbocycles. The standard InChI is InChI=1S/C19H14N4O3/c1-12(18-22-17(23-26-18)14-6-4-10-20-11-14)25-19(24)16-9-8-13-5-2-3-7-15(13)21-16/h2-12H,1H3. The molecule has 0 radical (unpaired) electrons. The molecule has 0 aliphatic rings. The van der Waals surface area contributed by atoms with Crippen LogP contribution in [-0.2, 0) is 4.74 Å². The number of rotatable bonds is 4. The van der Waals surface area contributed by atoms with Crippen LogP contribution in [0.4, 0.5) is 0 Å². The fourth-order valence-electron chi connectivity index (χ4n) is 2.46. The van der Waals surface area contributed by atoms with Gasteiger partial charge >= 0.3 is 5.97 Å². The summed E-state index contributed by atoms with van der Waals surface area (Å²) in [6.07, 6.45) is 2.59. The van der Waals surface area contributed by atoms with E-state index < -0.39 is 12.1 Å². The summed E-state index contributed by atoms with van der Waals surface area (Å²) in [5.41, 5.74) is 1.67. The summed E-state index contributed by atoms with van der Waals surface area (Å²) >= 11 is 0. The van der Waals surface area contributed by atoms with Crippen LogP contribution in [0.1, 0.15) is 29.4 Å². The number of fused-ring (bicyclic) bond motifs is 1. The third-order valence-corrected chi connectivity index (χ3v) is 3.80. The van der Waals surface area contributed by atoms with E-state index in [0.717, 1.165) is 16.5 Å². The van der Waals surface area contributed by atoms with Crippen molar-refractivity contribution in [3.05, 3.63) is 72.5 Å². The maximum atomic E-state index is 12.4. The molecule has 128 valence electrons. The summed E-state index contributed by atoms with van der Waals surface area (Å²) in [4.78, 5) is 25.0. The Morgan fingerprint density at radius 2 is 1.96 bits per heavy atom. The number of nitrogens with zero attached hydrogens (tertiary/aromatic N) is 4. The maximum Gasteiger partial charge on any atom is 0.357 e. The Hall–Kier alpha value is -3.61. The van der Waals surface area contributed by atoms with E-state index in [1.807, 2.05) is 36.4 Å². The molecule has 1 atom stereocenters. The SMILES string of the molecule is CC(OC(=O)c1ccc2ccccc2n1)c1nc(-c2cccnc2)no1. The highest BCUT2D eigenvalue weighted by molar-refractivity contribution is 5.91. The van der Waals surface area contributed by atoms with Crippen LogP contribution in [-0.4, -0.2) is 26.1 Å². The summed E-state index contributed by atoms with van der Waals surface area (Å²) in [5, 5.41) is 4.85. The number of esters is 1. The number of carbonyl (C=O) groups excluding carboxylic acids is 1. The lowest BCUT2D eigenvalue weighted by molar-refractivity contribution is 0.0259. The molecule has 3 aromatic heterocycles. The number of para-hydroxylation sites is 1. The van der Waals surface area contributed by atoms with Crippen LogP contribution in [0.3, 0.4) is 0 Å². The largest absolute Gasteiger partial charge is 0.448 e. The molecule has 26 heavy (non-hydrogen) atoms. The van der Waals surface area contributed by atoms with Crippen molar-refractivity contribution >= 4 is 16.9 Å². The third-order valence-electron chi connectivity index (χ3n) is 3.80. The number of hydrogen-bond donors (Lipinski definition) is 0. The maximum absolute atomic E-state index is 12.4. The van der Waals surface area contributed by atoms with Gasteiger partial charge in [-0.05, 0) is 31.2 Å². The second-order valence-corrected chi connectivity index (χ2v) is 5.63. The minimum atomic E-state index is -0.700. The number of carbonyl (C=O) groups is 1. The van der Waals surface area contributed by atoms with Gasteiger partial charge < -0.3 is 9.26 Å². The highest BCUT2D eigenvalue weighted by Gasteiger charge is 2.21. The molecule has 0 saturated heterocycles. The molecule has 7 heteroatoms. The van der Waals surface area contributed by atoms with Crippen LogP contribution in [0.25, 0.3) is 22.3 Å². The first-order valence-corrected chi connectivity index (χ1v) is 8.01. The molecular weight excluding hydrogens is 332 g/mol. The minimum absolute atomic E-state index is 0.206. The first-order valence-electron chi connectivity index (χ1n) is 8.01. The van der Waals surface area contributed by atoms with E-state index in [9.17, 15) is 4.79 Å². The van der Waals surface area contributed by atoms with E-state index in [-0.39, 0.29) is 11.6 Å². The van der Waals surface area contributed by atoms with Crippen molar-refractivity contribution in [3.8, 4) is 11.4 Å². The van der Waals surface area contributed by atoms with Gasteiger partial charge in [0.1, 0.15) is 5.69 Å². The van der Waals surface area contributed by atoms with Gasteiger partial charge in [0.15, 0.2) is 6.10 Å². The number of benzene rings is 1. The lowest BCUT2D eigenvalue weighted by atomic mass is 10.2. The monoisotopic (exact) mass is 346 g/mol. The van der Waals surface area contributed by atoms with Crippen molar-refractivity contribution in [1.82, 2.24) is 20.1 Å². The normalized spacial score (nSPS) is 12.0. The van der Waals surface area contributed by atoms with Gasteiger partial charge in [0.05, 0.1) is 5.52 Å². The molecule has 4 rings (SSSR count). The highest BCUT2D eigenvalue weighted by atomic mass is 16.6. The van der Waals surface area contributed by atoms with Crippen LogP contribution in [0.15, 0.2) is 65.4 Å². The molecule has 1 unspecified atom stereocenters. The van der Waals surface area contributed by atoms with Crippen molar-refractivity contribution in [3.63, 3.8) is 0 Å². The number of aromatic nitrogens is 4. The Morgan fingerprint density at radius 1 is 1.08 bits per heavy atom. The second kappa shape index (κ2) is 6.72. The van der Waals surface area contributed by atoms with Gasteiger partial charge in [-0.1, -0.05) is 29.4 Å². The summed E-state index contributed by atoms with van der Waals surface area (Å²) in [6, 6.07) is 14.6. The summed E-state index contributed by atoms with van der Waals surface area (Å²) in [6.45, 7) is 1.67. The molecule has 0 bridgehead atoms. The second-order valence-electron chi connectivity index (χ2n) is 5.63. The molecule has 4 aromatic rings. The predicted octanol–water partition coefficient (Wildman–Crippen LogP) is 3.60. The lowest BCUT2D eigenvalue weighted by Crippen LogP contribution is -2.11. The molecule has 0 fully saturated rings. The zero-order valence-corrected chi connectivity index (χ0v) is 13.9. The van der Waals surface area contributed by atoms with Crippen molar-refractivity contribution in [2.24, 2.45) is 0 Å². The smallest absolute Gasteiger partial charge is 0.357 e. The highest BCUT2D eigenvalue weighted by Crippen LogP contribution is 2.21. The fourth-order valence-corrected chi connectivity index (χ4v) is 2.46. The molecule has 7 nitrogen and oxygen atoms in total. The van der Waals surface area contributed by atoms with E-state index in [0.29, 0.717) is 5.82 Å². The van der Waals surface area contributed by atoms with Gasteiger partial charge in [-0.25, -0.2) is 9.78 Å². The van der Waals surface area contributed by atoms with Crippen molar-refractivity contribution in [2.75, 3.05) is 0 Å². The van der Waals surface area contributed by atoms with Crippen LogP contribution in [0.5, 0.6) is 0 Å². The van der Waals surface area contributed by atoms with Gasteiger partial charge in [-0.2, -0.15) is 4.98 Å². The summed E-state index contributed by atoms with van der Waals surface area (Å²) in [7, 11) is 0. The van der Waals surface area contributed by atoms with E-state index >= 15 is 0 Å². The van der Waals surface area contributed by atoms with Gasteiger partial charge in [0, 0.05) is 23.3 Å². The van der Waals surface area contributed by atoms with Crippen LogP contribution >= 0.6 is 0 Å². The topological polar surface area (TPSA) is 91.0 Å². The molecule has 3 heterocycles. The Bertz CT molecular complexity index is 1060. The molecular formula is C19H14N4O3. The van der Waals surface area contributed by atoms with Crippen LogP contribution in [0.2, 0.25) is 0 Å². The molecule has 0 N–H and O–H groups in total. The third kappa shape index (κ3) is 3.14. The molecule has 1 aromatic carbocycles. The van der Waals surface area contributed by atoms with Crippen molar-refractivity contribution < 1.29 is 14.1 Å². The molecule has 0 saturated carbocycles. The van der Waals surface area contributed by atoms with Crippen LogP contribution < -0.4 is 0 Å². The average Bonchev–Trinajstić information content (AvgIpc) is 3.18. The van der Waals surface area contributed by atoms with E-state index in [4.69, 9.17) is 9.26 Å². The van der Waals surface area contributed by atoms with Gasteiger partial charge in [0.2, 0.25) is 5.82 Å². The van der Waals surface area contributed by atoms with E-state index in [1.165, 1.54) is 0 Å². The number of hydrogen-bond acceptors (Lipinski definition) is 7. The predicted molar refractivity (Wildman–Crippen MR) is 93.1 cm³/mol. The lowest BCUT2D eigenvalue weighted by Gasteiger charge is -2.09. The van der Waals surface area contributed by atoms with Gasteiger partial charge in [-0.15, -0.1) is 0 Å². The minimum Gasteiger partial charge on any atom is -0.448 e. The Labute approximate surface area is 148 Å². The molecule has 0 aliphatic heterocycles. The van der Waals surface area contributed by atoms with Gasteiger partial charge in [0.25, 0.3) is 5.89 Å². The number of pyridine rings is 2. The van der Waals surface area contributed by atoms with Crippen LogP contribution in [0, 0.1) is 0 Å². The zero-order chi connectivity index (χ0) is 17.9.